The van der Waals surface area contributed by atoms with Crippen LogP contribution in [-0.2, 0) is 11.3 Å². The van der Waals surface area contributed by atoms with E-state index < -0.39 is 5.82 Å². The Morgan fingerprint density at radius 1 is 1.15 bits per heavy atom. The van der Waals surface area contributed by atoms with Gasteiger partial charge in [-0.05, 0) is 24.6 Å². The molecule has 2 fully saturated rings. The standard InChI is InChI=1S/C26H26FN5O2/c1-17-25(31-24-9-8-19(28-2)10-23(24)27)29-16-30-26(17)34-22-11-20-14-33-15-21(12-22)32(20)13-18-6-4-3-5-7-18/h3-10,16,20-22H,11-15H2,1H3,(H,29,30,31)/t20-,21?,22+/m1/s1. The number of halogens is 1. The Bertz CT molecular complexity index is 1190. The average molecular weight is 460 g/mol. The number of fused-ring (bicyclic) bond motifs is 2. The highest BCUT2D eigenvalue weighted by molar-refractivity contribution is 5.64. The van der Waals surface area contributed by atoms with Crippen LogP contribution in [0.4, 0.5) is 21.6 Å². The van der Waals surface area contributed by atoms with Crippen LogP contribution in [0.3, 0.4) is 0 Å². The van der Waals surface area contributed by atoms with E-state index in [1.54, 1.807) is 6.07 Å². The second-order valence-electron chi connectivity index (χ2n) is 8.77. The molecule has 8 heteroatoms. The molecule has 7 nitrogen and oxygen atoms in total. The van der Waals surface area contributed by atoms with Crippen molar-refractivity contribution in [3.63, 3.8) is 0 Å². The summed E-state index contributed by atoms with van der Waals surface area (Å²) in [6.45, 7) is 11.2. The van der Waals surface area contributed by atoms with Crippen LogP contribution in [0.1, 0.15) is 24.0 Å². The van der Waals surface area contributed by atoms with E-state index in [1.807, 2.05) is 13.0 Å². The van der Waals surface area contributed by atoms with Crippen LogP contribution in [0.5, 0.6) is 5.88 Å². The molecule has 174 valence electrons. The second kappa shape index (κ2) is 9.75. The average Bonchev–Trinajstić information content (AvgIpc) is 2.84. The first kappa shape index (κ1) is 22.3. The fourth-order valence-electron chi connectivity index (χ4n) is 4.73. The fourth-order valence-corrected chi connectivity index (χ4v) is 4.73. The van der Waals surface area contributed by atoms with Gasteiger partial charge in [0.05, 0.1) is 31.0 Å². The van der Waals surface area contributed by atoms with Gasteiger partial charge in [0.25, 0.3) is 0 Å². The molecule has 0 aliphatic carbocycles. The van der Waals surface area contributed by atoms with Gasteiger partial charge in [-0.1, -0.05) is 36.4 Å². The summed E-state index contributed by atoms with van der Waals surface area (Å²) in [6.07, 6.45) is 3.14. The molecule has 3 aromatic rings. The van der Waals surface area contributed by atoms with Gasteiger partial charge in [0, 0.05) is 31.5 Å². The van der Waals surface area contributed by atoms with Crippen molar-refractivity contribution in [1.29, 1.82) is 0 Å². The third-order valence-electron chi connectivity index (χ3n) is 6.49. The molecule has 1 aromatic heterocycles. The van der Waals surface area contributed by atoms with Crippen molar-refractivity contribution >= 4 is 17.2 Å². The molecule has 1 N–H and O–H groups in total. The van der Waals surface area contributed by atoms with Crippen molar-refractivity contribution < 1.29 is 13.9 Å². The first-order valence-corrected chi connectivity index (χ1v) is 11.4. The molecule has 3 atom stereocenters. The van der Waals surface area contributed by atoms with Crippen molar-refractivity contribution in [3.8, 4) is 5.88 Å². The van der Waals surface area contributed by atoms with Gasteiger partial charge in [0.1, 0.15) is 24.1 Å². The number of nitrogens with one attached hydrogen (secondary N) is 1. The lowest BCUT2D eigenvalue weighted by Crippen LogP contribution is -2.58. The lowest BCUT2D eigenvalue weighted by molar-refractivity contribution is -0.104. The molecule has 2 aliphatic rings. The highest BCUT2D eigenvalue weighted by Gasteiger charge is 2.40. The molecule has 0 saturated carbocycles. The molecule has 34 heavy (non-hydrogen) atoms. The first-order valence-electron chi connectivity index (χ1n) is 11.4. The molecular formula is C26H26FN5O2. The molecule has 2 aliphatic heterocycles. The van der Waals surface area contributed by atoms with Gasteiger partial charge in [0.2, 0.25) is 5.88 Å². The third-order valence-corrected chi connectivity index (χ3v) is 6.49. The number of piperidine rings is 1. The van der Waals surface area contributed by atoms with Crippen molar-refractivity contribution in [2.24, 2.45) is 0 Å². The largest absolute Gasteiger partial charge is 0.474 e. The number of hydrogen-bond donors (Lipinski definition) is 1. The summed E-state index contributed by atoms with van der Waals surface area (Å²) in [5.41, 5.74) is 2.52. The van der Waals surface area contributed by atoms with E-state index in [0.717, 1.165) is 19.4 Å². The van der Waals surface area contributed by atoms with Crippen molar-refractivity contribution in [2.45, 2.75) is 44.5 Å². The quantitative estimate of drug-likeness (QED) is 0.522. The summed E-state index contributed by atoms with van der Waals surface area (Å²) in [5, 5.41) is 3.01. The van der Waals surface area contributed by atoms with Gasteiger partial charge >= 0.3 is 0 Å². The summed E-state index contributed by atoms with van der Waals surface area (Å²) in [5.74, 6) is 0.466. The van der Waals surface area contributed by atoms with Crippen LogP contribution >= 0.6 is 0 Å². The monoisotopic (exact) mass is 459 g/mol. The molecule has 3 heterocycles. The van der Waals surface area contributed by atoms with E-state index in [4.69, 9.17) is 16.0 Å². The number of aromatic nitrogens is 2. The molecule has 5 rings (SSSR count). The van der Waals surface area contributed by atoms with Crippen molar-refractivity contribution in [3.05, 3.63) is 83.2 Å². The Morgan fingerprint density at radius 2 is 1.91 bits per heavy atom. The van der Waals surface area contributed by atoms with Crippen LogP contribution in [0, 0.1) is 19.3 Å². The normalized spacial score (nSPS) is 22.1. The van der Waals surface area contributed by atoms with E-state index in [0.29, 0.717) is 30.5 Å². The summed E-state index contributed by atoms with van der Waals surface area (Å²) < 4.78 is 26.6. The molecule has 0 radical (unpaired) electrons. The molecule has 0 spiro atoms. The fraction of sp³-hybridized carbons (Fsp3) is 0.346. The number of nitrogens with zero attached hydrogens (tertiary/aromatic N) is 4. The van der Waals surface area contributed by atoms with Gasteiger partial charge in [-0.15, -0.1) is 0 Å². The Kier molecular flexibility index (Phi) is 6.39. The predicted octanol–water partition coefficient (Wildman–Crippen LogP) is 5.03. The lowest BCUT2D eigenvalue weighted by Gasteiger charge is -2.48. The zero-order valence-corrected chi connectivity index (χ0v) is 18.9. The molecule has 2 saturated heterocycles. The molecule has 1 unspecified atom stereocenters. The van der Waals surface area contributed by atoms with Gasteiger partial charge in [-0.3, -0.25) is 4.90 Å². The minimum atomic E-state index is -0.507. The SMILES string of the molecule is [C-]#[N+]c1ccc(Nc2ncnc(O[C@@H]3CC4COC[C@@H](C3)N4Cc3ccccc3)c2C)c(F)c1. The van der Waals surface area contributed by atoms with E-state index in [-0.39, 0.29) is 29.6 Å². The van der Waals surface area contributed by atoms with Crippen LogP contribution < -0.4 is 10.1 Å². The second-order valence-corrected chi connectivity index (χ2v) is 8.77. The number of anilines is 2. The van der Waals surface area contributed by atoms with Gasteiger partial charge in [0.15, 0.2) is 5.69 Å². The van der Waals surface area contributed by atoms with Crippen molar-refractivity contribution in [1.82, 2.24) is 14.9 Å². The van der Waals surface area contributed by atoms with Crippen LogP contribution in [-0.4, -0.2) is 46.3 Å². The van der Waals surface area contributed by atoms with Crippen LogP contribution in [0.25, 0.3) is 4.85 Å². The number of benzene rings is 2. The van der Waals surface area contributed by atoms with Gasteiger partial charge in [-0.25, -0.2) is 19.2 Å². The van der Waals surface area contributed by atoms with E-state index in [1.165, 1.54) is 24.0 Å². The Hall–Kier alpha value is -3.54. The smallest absolute Gasteiger partial charge is 0.221 e. The Balaban J connectivity index is 1.28. The topological polar surface area (TPSA) is 63.9 Å². The van der Waals surface area contributed by atoms with Gasteiger partial charge in [-0.2, -0.15) is 0 Å². The van der Waals surface area contributed by atoms with E-state index in [9.17, 15) is 4.39 Å². The summed E-state index contributed by atoms with van der Waals surface area (Å²) in [7, 11) is 0. The highest BCUT2D eigenvalue weighted by Crippen LogP contribution is 2.33. The number of hydrogen-bond acceptors (Lipinski definition) is 6. The minimum absolute atomic E-state index is 0.0158. The third kappa shape index (κ3) is 4.72. The van der Waals surface area contributed by atoms with Crippen LogP contribution in [0.2, 0.25) is 0 Å². The van der Waals surface area contributed by atoms with Crippen molar-refractivity contribution in [2.75, 3.05) is 18.5 Å². The maximum atomic E-state index is 14.4. The zero-order valence-electron chi connectivity index (χ0n) is 18.9. The maximum Gasteiger partial charge on any atom is 0.221 e. The highest BCUT2D eigenvalue weighted by atomic mass is 19.1. The number of ether oxygens (including phenoxy) is 2. The molecular weight excluding hydrogens is 433 g/mol. The predicted molar refractivity (Wildman–Crippen MR) is 127 cm³/mol. The van der Waals surface area contributed by atoms with E-state index >= 15 is 0 Å². The zero-order chi connectivity index (χ0) is 23.5. The summed E-state index contributed by atoms with van der Waals surface area (Å²) >= 11 is 0. The number of rotatable bonds is 6. The Morgan fingerprint density at radius 3 is 2.62 bits per heavy atom. The van der Waals surface area contributed by atoms with Gasteiger partial charge < -0.3 is 14.8 Å². The first-order chi connectivity index (χ1) is 16.6. The molecule has 0 amide bonds. The summed E-state index contributed by atoms with van der Waals surface area (Å²) in [6, 6.07) is 15.4. The van der Waals surface area contributed by atoms with Crippen LogP contribution in [0.15, 0.2) is 54.9 Å². The Labute approximate surface area is 198 Å². The maximum absolute atomic E-state index is 14.4. The number of morpholine rings is 1. The summed E-state index contributed by atoms with van der Waals surface area (Å²) in [4.78, 5) is 14.4. The lowest BCUT2D eigenvalue weighted by atomic mass is 9.91. The molecule has 2 aromatic carbocycles. The molecule has 2 bridgehead atoms. The van der Waals surface area contributed by atoms with E-state index in [2.05, 4.69) is 49.3 Å². The minimum Gasteiger partial charge on any atom is -0.474 e.